The van der Waals surface area contributed by atoms with E-state index in [1.807, 2.05) is 0 Å². The molecule has 0 aliphatic carbocycles. The highest BCUT2D eigenvalue weighted by atomic mass is 19.4. The summed E-state index contributed by atoms with van der Waals surface area (Å²) in [4.78, 5) is 18.9. The van der Waals surface area contributed by atoms with Gasteiger partial charge in [-0.15, -0.1) is 0 Å². The normalized spacial score (nSPS) is 14.8. The highest BCUT2D eigenvalue weighted by Gasteiger charge is 2.54. The average Bonchev–Trinajstić information content (AvgIpc) is 2.26. The second-order valence-electron chi connectivity index (χ2n) is 3.79. The molecular formula is C9H7F3N2O5. The highest BCUT2D eigenvalue weighted by molar-refractivity contribution is 5.51. The number of alkyl halides is 3. The van der Waals surface area contributed by atoms with E-state index in [1.165, 1.54) is 0 Å². The summed E-state index contributed by atoms with van der Waals surface area (Å²) in [7, 11) is 0. The summed E-state index contributed by atoms with van der Waals surface area (Å²) in [6.07, 6.45) is -5.16. The largest absolute Gasteiger partial charge is 0.421 e. The van der Waals surface area contributed by atoms with Gasteiger partial charge in [-0.25, -0.2) is 0 Å². The zero-order chi connectivity index (χ0) is 15.0. The van der Waals surface area contributed by atoms with Crippen LogP contribution in [0.25, 0.3) is 0 Å². The fraction of sp³-hybridized carbons (Fsp3) is 0.333. The van der Waals surface area contributed by atoms with Crippen LogP contribution in [-0.2, 0) is 5.60 Å². The molecule has 7 nitrogen and oxygen atoms in total. The molecule has 0 aromatic heterocycles. The molecule has 10 heteroatoms. The fourth-order valence-electron chi connectivity index (χ4n) is 1.35. The van der Waals surface area contributed by atoms with Crippen LogP contribution >= 0.6 is 0 Å². The van der Waals surface area contributed by atoms with Gasteiger partial charge in [-0.2, -0.15) is 13.2 Å². The minimum absolute atomic E-state index is 0.334. The first-order valence-corrected chi connectivity index (χ1v) is 4.71. The van der Waals surface area contributed by atoms with Crippen molar-refractivity contribution < 1.29 is 28.1 Å². The zero-order valence-electron chi connectivity index (χ0n) is 9.34. The summed E-state index contributed by atoms with van der Waals surface area (Å²) in [6.45, 7) is 0.334. The molecule has 104 valence electrons. The number of rotatable bonds is 3. The van der Waals surface area contributed by atoms with E-state index in [0.717, 1.165) is 0 Å². The number of halogens is 3. The van der Waals surface area contributed by atoms with Crippen LogP contribution in [0.15, 0.2) is 18.2 Å². The molecule has 0 amide bonds. The van der Waals surface area contributed by atoms with Gasteiger partial charge in [0.15, 0.2) is 5.60 Å². The molecule has 0 spiro atoms. The van der Waals surface area contributed by atoms with Crippen molar-refractivity contribution >= 4 is 11.4 Å². The molecule has 1 aromatic rings. The summed E-state index contributed by atoms with van der Waals surface area (Å²) in [5.41, 5.74) is -6.45. The first kappa shape index (κ1) is 14.8. The maximum absolute atomic E-state index is 12.6. The van der Waals surface area contributed by atoms with Crippen molar-refractivity contribution in [1.82, 2.24) is 0 Å². The standard InChI is InChI=1S/C9H7F3N2O5/c1-8(15,9(10,11)12)6-3-2-5(13(16)17)4-7(6)14(18)19/h2-4,15H,1H3. The Morgan fingerprint density at radius 2 is 1.68 bits per heavy atom. The minimum atomic E-state index is -5.16. The Bertz CT molecular complexity index is 541. The quantitative estimate of drug-likeness (QED) is 0.675. The fourth-order valence-corrected chi connectivity index (χ4v) is 1.35. The lowest BCUT2D eigenvalue weighted by atomic mass is 9.93. The number of hydrogen-bond donors (Lipinski definition) is 1. The number of nitrogens with zero attached hydrogens (tertiary/aromatic N) is 2. The van der Waals surface area contributed by atoms with Crippen LogP contribution < -0.4 is 0 Å². The van der Waals surface area contributed by atoms with Gasteiger partial charge >= 0.3 is 6.18 Å². The average molecular weight is 280 g/mol. The van der Waals surface area contributed by atoms with Crippen LogP contribution in [0.3, 0.4) is 0 Å². The third-order valence-electron chi connectivity index (χ3n) is 2.47. The second kappa shape index (κ2) is 4.46. The third-order valence-corrected chi connectivity index (χ3v) is 2.47. The first-order chi connectivity index (χ1) is 8.48. The Balaban J connectivity index is 3.53. The second-order valence-corrected chi connectivity index (χ2v) is 3.79. The van der Waals surface area contributed by atoms with Crippen molar-refractivity contribution in [2.75, 3.05) is 0 Å². The van der Waals surface area contributed by atoms with Crippen LogP contribution in [-0.4, -0.2) is 21.1 Å². The van der Waals surface area contributed by atoms with Gasteiger partial charge in [0.25, 0.3) is 11.4 Å². The van der Waals surface area contributed by atoms with Crippen LogP contribution in [0.5, 0.6) is 0 Å². The Hall–Kier alpha value is -2.23. The van der Waals surface area contributed by atoms with Crippen LogP contribution in [0.4, 0.5) is 24.5 Å². The maximum Gasteiger partial charge on any atom is 0.421 e. The molecule has 1 N–H and O–H groups in total. The van der Waals surface area contributed by atoms with Crippen molar-refractivity contribution in [3.63, 3.8) is 0 Å². The van der Waals surface area contributed by atoms with E-state index in [0.29, 0.717) is 25.1 Å². The lowest BCUT2D eigenvalue weighted by Gasteiger charge is -2.26. The van der Waals surface area contributed by atoms with E-state index in [-0.39, 0.29) is 0 Å². The van der Waals surface area contributed by atoms with Gasteiger partial charge in [0.2, 0.25) is 0 Å². The van der Waals surface area contributed by atoms with E-state index in [4.69, 9.17) is 0 Å². The Morgan fingerprint density at radius 3 is 2.05 bits per heavy atom. The van der Waals surface area contributed by atoms with Crippen molar-refractivity contribution in [2.45, 2.75) is 18.7 Å². The van der Waals surface area contributed by atoms with E-state index in [2.05, 4.69) is 0 Å². The van der Waals surface area contributed by atoms with Crippen LogP contribution in [0, 0.1) is 20.2 Å². The van der Waals surface area contributed by atoms with Crippen molar-refractivity contribution in [2.24, 2.45) is 0 Å². The summed E-state index contributed by atoms with van der Waals surface area (Å²) < 4.78 is 37.8. The van der Waals surface area contributed by atoms with Gasteiger partial charge in [-0.1, -0.05) is 0 Å². The molecule has 1 rings (SSSR count). The van der Waals surface area contributed by atoms with E-state index < -0.39 is 38.6 Å². The highest BCUT2D eigenvalue weighted by Crippen LogP contribution is 2.43. The SMILES string of the molecule is CC(O)(c1ccc([N+](=O)[O-])cc1[N+](=O)[O-])C(F)(F)F. The zero-order valence-corrected chi connectivity index (χ0v) is 9.34. The predicted molar refractivity (Wildman–Crippen MR) is 55.4 cm³/mol. The Kier molecular flexibility index (Phi) is 3.48. The Labute approximate surface area is 103 Å². The maximum atomic E-state index is 12.6. The van der Waals surface area contributed by atoms with Crippen LogP contribution in [0.1, 0.15) is 12.5 Å². The van der Waals surface area contributed by atoms with Crippen molar-refractivity contribution in [3.8, 4) is 0 Å². The van der Waals surface area contributed by atoms with Gasteiger partial charge < -0.3 is 5.11 Å². The van der Waals surface area contributed by atoms with Gasteiger partial charge in [0.1, 0.15) is 0 Å². The van der Waals surface area contributed by atoms with Gasteiger partial charge in [0, 0.05) is 6.07 Å². The van der Waals surface area contributed by atoms with Crippen molar-refractivity contribution in [1.29, 1.82) is 0 Å². The molecule has 0 saturated heterocycles. The number of hydrogen-bond acceptors (Lipinski definition) is 5. The van der Waals surface area contributed by atoms with Gasteiger partial charge in [-0.05, 0) is 13.0 Å². The molecule has 0 bridgehead atoms. The lowest BCUT2D eigenvalue weighted by Crippen LogP contribution is -2.39. The molecule has 0 fully saturated rings. The predicted octanol–water partition coefficient (Wildman–Crippen LogP) is 2.27. The van der Waals surface area contributed by atoms with Gasteiger partial charge in [-0.3, -0.25) is 20.2 Å². The number of nitro benzene ring substituents is 2. The van der Waals surface area contributed by atoms with E-state index in [9.17, 15) is 38.5 Å². The summed E-state index contributed by atoms with van der Waals surface area (Å²) in [5, 5.41) is 30.5. The monoisotopic (exact) mass is 280 g/mol. The van der Waals surface area contributed by atoms with Crippen molar-refractivity contribution in [3.05, 3.63) is 44.0 Å². The molecule has 1 unspecified atom stereocenters. The summed E-state index contributed by atoms with van der Waals surface area (Å²) in [5.74, 6) is 0. The summed E-state index contributed by atoms with van der Waals surface area (Å²) in [6, 6.07) is 1.54. The molecule has 0 aliphatic heterocycles. The molecule has 0 heterocycles. The van der Waals surface area contributed by atoms with E-state index in [1.54, 1.807) is 0 Å². The molecule has 0 saturated carbocycles. The Morgan fingerprint density at radius 1 is 1.16 bits per heavy atom. The summed E-state index contributed by atoms with van der Waals surface area (Å²) >= 11 is 0. The van der Waals surface area contributed by atoms with Gasteiger partial charge in [0.05, 0.1) is 21.5 Å². The molecule has 0 aliphatic rings. The molecular weight excluding hydrogens is 273 g/mol. The number of non-ortho nitro benzene ring substituents is 1. The first-order valence-electron chi connectivity index (χ1n) is 4.71. The number of benzene rings is 1. The smallest absolute Gasteiger partial charge is 0.376 e. The molecule has 1 atom stereocenters. The molecule has 19 heavy (non-hydrogen) atoms. The molecule has 0 radical (unpaired) electrons. The third kappa shape index (κ3) is 2.62. The lowest BCUT2D eigenvalue weighted by molar-refractivity contribution is -0.396. The molecule has 1 aromatic carbocycles. The number of aliphatic hydroxyl groups is 1. The number of nitro groups is 2. The minimum Gasteiger partial charge on any atom is -0.376 e. The van der Waals surface area contributed by atoms with E-state index >= 15 is 0 Å². The topological polar surface area (TPSA) is 107 Å². The van der Waals surface area contributed by atoms with Crippen LogP contribution in [0.2, 0.25) is 0 Å².